The maximum atomic E-state index is 12.1. The fourth-order valence-corrected chi connectivity index (χ4v) is 2.38. The van der Waals surface area contributed by atoms with E-state index in [9.17, 15) is 4.79 Å². The van der Waals surface area contributed by atoms with Crippen molar-refractivity contribution in [1.82, 2.24) is 20.5 Å². The molecule has 7 heteroatoms. The molecule has 1 fully saturated rings. The molecule has 7 nitrogen and oxygen atoms in total. The van der Waals surface area contributed by atoms with E-state index in [0.29, 0.717) is 25.4 Å². The van der Waals surface area contributed by atoms with Crippen molar-refractivity contribution in [2.45, 2.75) is 19.4 Å². The molecule has 0 radical (unpaired) electrons. The Hall–Kier alpha value is -2.25. The molecule has 2 aromatic rings. The SMILES string of the molecule is Cc1nc(-c2cccc(NC(=O)CC3CNCCO3)c2)n[nH]1. The van der Waals surface area contributed by atoms with Gasteiger partial charge in [-0.1, -0.05) is 12.1 Å². The number of ether oxygens (including phenoxy) is 1. The van der Waals surface area contributed by atoms with E-state index in [1.54, 1.807) is 0 Å². The number of carbonyl (C=O) groups excluding carboxylic acids is 1. The molecule has 0 saturated carbocycles. The average Bonchev–Trinajstić information content (AvgIpc) is 2.95. The molecule has 1 atom stereocenters. The number of nitrogens with one attached hydrogen (secondary N) is 3. The predicted octanol–water partition coefficient (Wildman–Crippen LogP) is 1.10. The number of rotatable bonds is 4. The van der Waals surface area contributed by atoms with Gasteiger partial charge in [0.1, 0.15) is 5.82 Å². The fraction of sp³-hybridized carbons (Fsp3) is 0.400. The van der Waals surface area contributed by atoms with Gasteiger partial charge in [0.25, 0.3) is 0 Å². The second-order valence-corrected chi connectivity index (χ2v) is 5.27. The molecule has 1 aliphatic rings. The molecule has 1 aliphatic heterocycles. The normalized spacial score (nSPS) is 18.1. The summed E-state index contributed by atoms with van der Waals surface area (Å²) in [6.07, 6.45) is 0.282. The summed E-state index contributed by atoms with van der Waals surface area (Å²) in [5, 5.41) is 13.0. The highest BCUT2D eigenvalue weighted by Crippen LogP contribution is 2.19. The summed E-state index contributed by atoms with van der Waals surface area (Å²) in [5.74, 6) is 1.32. The first-order valence-corrected chi connectivity index (χ1v) is 7.32. The Bertz CT molecular complexity index is 649. The van der Waals surface area contributed by atoms with Gasteiger partial charge in [0.15, 0.2) is 5.82 Å². The van der Waals surface area contributed by atoms with E-state index in [1.165, 1.54) is 0 Å². The van der Waals surface area contributed by atoms with Crippen LogP contribution in [-0.2, 0) is 9.53 Å². The summed E-state index contributed by atoms with van der Waals surface area (Å²) < 4.78 is 5.53. The molecule has 1 amide bonds. The predicted molar refractivity (Wildman–Crippen MR) is 82.4 cm³/mol. The average molecular weight is 301 g/mol. The number of aromatic nitrogens is 3. The summed E-state index contributed by atoms with van der Waals surface area (Å²) >= 11 is 0. The van der Waals surface area contributed by atoms with Gasteiger partial charge in [-0.2, -0.15) is 5.10 Å². The Morgan fingerprint density at radius 1 is 1.50 bits per heavy atom. The van der Waals surface area contributed by atoms with Crippen LogP contribution in [0.15, 0.2) is 24.3 Å². The van der Waals surface area contributed by atoms with Gasteiger partial charge in [-0.25, -0.2) is 4.98 Å². The smallest absolute Gasteiger partial charge is 0.227 e. The molecule has 3 rings (SSSR count). The molecule has 1 saturated heterocycles. The molecule has 0 bridgehead atoms. The van der Waals surface area contributed by atoms with E-state index in [4.69, 9.17) is 4.74 Å². The lowest BCUT2D eigenvalue weighted by atomic mass is 10.1. The van der Waals surface area contributed by atoms with Gasteiger partial charge in [0, 0.05) is 24.3 Å². The van der Waals surface area contributed by atoms with Gasteiger partial charge < -0.3 is 15.4 Å². The first-order valence-electron chi connectivity index (χ1n) is 7.32. The van der Waals surface area contributed by atoms with Crippen LogP contribution in [0.25, 0.3) is 11.4 Å². The van der Waals surface area contributed by atoms with Gasteiger partial charge >= 0.3 is 0 Å². The lowest BCUT2D eigenvalue weighted by Gasteiger charge is -2.23. The van der Waals surface area contributed by atoms with E-state index in [1.807, 2.05) is 31.2 Å². The molecular weight excluding hydrogens is 282 g/mol. The van der Waals surface area contributed by atoms with Crippen molar-refractivity contribution in [2.75, 3.05) is 25.0 Å². The number of carbonyl (C=O) groups is 1. The highest BCUT2D eigenvalue weighted by Gasteiger charge is 2.17. The van der Waals surface area contributed by atoms with Crippen LogP contribution >= 0.6 is 0 Å². The molecular formula is C15H19N5O2. The molecule has 116 valence electrons. The molecule has 0 aliphatic carbocycles. The number of morpholine rings is 1. The Kier molecular flexibility index (Phi) is 4.45. The van der Waals surface area contributed by atoms with Gasteiger partial charge in [-0.15, -0.1) is 0 Å². The first-order chi connectivity index (χ1) is 10.7. The van der Waals surface area contributed by atoms with Crippen molar-refractivity contribution in [1.29, 1.82) is 0 Å². The second-order valence-electron chi connectivity index (χ2n) is 5.27. The minimum absolute atomic E-state index is 0.0583. The number of hydrogen-bond donors (Lipinski definition) is 3. The van der Waals surface area contributed by atoms with Crippen molar-refractivity contribution < 1.29 is 9.53 Å². The minimum atomic E-state index is -0.0624. The van der Waals surface area contributed by atoms with E-state index in [-0.39, 0.29) is 12.0 Å². The van der Waals surface area contributed by atoms with Crippen LogP contribution in [0.4, 0.5) is 5.69 Å². The van der Waals surface area contributed by atoms with Gasteiger partial charge in [-0.3, -0.25) is 9.89 Å². The monoisotopic (exact) mass is 301 g/mol. The summed E-state index contributed by atoms with van der Waals surface area (Å²) in [5.41, 5.74) is 1.59. The van der Waals surface area contributed by atoms with Crippen LogP contribution in [-0.4, -0.2) is 46.9 Å². The standard InChI is InChI=1S/C15H19N5O2/c1-10-17-15(20-19-10)11-3-2-4-12(7-11)18-14(21)8-13-9-16-5-6-22-13/h2-4,7,13,16H,5-6,8-9H2,1H3,(H,18,21)(H,17,19,20). The zero-order chi connectivity index (χ0) is 15.4. The molecule has 1 aromatic heterocycles. The van der Waals surface area contributed by atoms with Crippen molar-refractivity contribution in [3.05, 3.63) is 30.1 Å². The van der Waals surface area contributed by atoms with E-state index >= 15 is 0 Å². The van der Waals surface area contributed by atoms with Crippen LogP contribution in [0.1, 0.15) is 12.2 Å². The van der Waals surface area contributed by atoms with Crippen molar-refractivity contribution >= 4 is 11.6 Å². The quantitative estimate of drug-likeness (QED) is 0.786. The third-order valence-electron chi connectivity index (χ3n) is 3.42. The second kappa shape index (κ2) is 6.67. The Morgan fingerprint density at radius 3 is 3.14 bits per heavy atom. The first kappa shape index (κ1) is 14.7. The van der Waals surface area contributed by atoms with Crippen LogP contribution < -0.4 is 10.6 Å². The number of amides is 1. The summed E-state index contributed by atoms with van der Waals surface area (Å²) in [7, 11) is 0. The molecule has 3 N–H and O–H groups in total. The third kappa shape index (κ3) is 3.69. The zero-order valence-corrected chi connectivity index (χ0v) is 12.4. The molecule has 1 aromatic carbocycles. The lowest BCUT2D eigenvalue weighted by Crippen LogP contribution is -2.40. The number of aryl methyl sites for hydroxylation is 1. The zero-order valence-electron chi connectivity index (χ0n) is 12.4. The Balaban J connectivity index is 1.63. The maximum absolute atomic E-state index is 12.1. The Morgan fingerprint density at radius 2 is 2.41 bits per heavy atom. The van der Waals surface area contributed by atoms with E-state index < -0.39 is 0 Å². The van der Waals surface area contributed by atoms with Gasteiger partial charge in [0.05, 0.1) is 19.1 Å². The largest absolute Gasteiger partial charge is 0.375 e. The van der Waals surface area contributed by atoms with Crippen molar-refractivity contribution in [3.8, 4) is 11.4 Å². The number of anilines is 1. The number of aromatic amines is 1. The van der Waals surface area contributed by atoms with Crippen LogP contribution in [0.5, 0.6) is 0 Å². The number of H-pyrrole nitrogens is 1. The number of nitrogens with zero attached hydrogens (tertiary/aromatic N) is 2. The maximum Gasteiger partial charge on any atom is 0.227 e. The fourth-order valence-electron chi connectivity index (χ4n) is 2.38. The van der Waals surface area contributed by atoms with E-state index in [0.717, 1.165) is 23.6 Å². The van der Waals surface area contributed by atoms with E-state index in [2.05, 4.69) is 25.8 Å². The summed E-state index contributed by atoms with van der Waals surface area (Å²) in [6.45, 7) is 4.05. The third-order valence-corrected chi connectivity index (χ3v) is 3.42. The van der Waals surface area contributed by atoms with Crippen LogP contribution in [0.3, 0.4) is 0 Å². The molecule has 0 spiro atoms. The number of benzene rings is 1. The lowest BCUT2D eigenvalue weighted by molar-refractivity contribution is -0.119. The highest BCUT2D eigenvalue weighted by atomic mass is 16.5. The Labute approximate surface area is 128 Å². The van der Waals surface area contributed by atoms with Gasteiger partial charge in [0.2, 0.25) is 5.91 Å². The topological polar surface area (TPSA) is 91.9 Å². The molecule has 2 heterocycles. The van der Waals surface area contributed by atoms with Crippen molar-refractivity contribution in [2.24, 2.45) is 0 Å². The van der Waals surface area contributed by atoms with Crippen LogP contribution in [0, 0.1) is 6.92 Å². The molecule has 22 heavy (non-hydrogen) atoms. The van der Waals surface area contributed by atoms with Gasteiger partial charge in [-0.05, 0) is 19.1 Å². The summed E-state index contributed by atoms with van der Waals surface area (Å²) in [6, 6.07) is 7.49. The minimum Gasteiger partial charge on any atom is -0.375 e. The van der Waals surface area contributed by atoms with Crippen molar-refractivity contribution in [3.63, 3.8) is 0 Å². The molecule has 1 unspecified atom stereocenters. The highest BCUT2D eigenvalue weighted by molar-refractivity contribution is 5.91. The summed E-state index contributed by atoms with van der Waals surface area (Å²) in [4.78, 5) is 16.4. The number of hydrogen-bond acceptors (Lipinski definition) is 5. The van der Waals surface area contributed by atoms with Crippen LogP contribution in [0.2, 0.25) is 0 Å².